The van der Waals surface area contributed by atoms with Gasteiger partial charge in [0.15, 0.2) is 0 Å². The molecule has 0 aliphatic heterocycles. The maximum Gasteiger partial charge on any atom is 0.315 e. The van der Waals surface area contributed by atoms with E-state index in [1.807, 2.05) is 32.0 Å². The Hall–Kier alpha value is -2.69. The van der Waals surface area contributed by atoms with Gasteiger partial charge in [0.25, 0.3) is 0 Å². The van der Waals surface area contributed by atoms with Gasteiger partial charge < -0.3 is 10.6 Å². The Morgan fingerprint density at radius 2 is 1.55 bits per heavy atom. The minimum Gasteiger partial charge on any atom is -0.317 e. The van der Waals surface area contributed by atoms with Crippen molar-refractivity contribution >= 4 is 23.3 Å². The first-order valence-electron chi connectivity index (χ1n) is 6.17. The molecule has 1 heterocycles. The molecule has 2 N–H and O–H groups in total. The molecule has 0 atom stereocenters. The van der Waals surface area contributed by atoms with Gasteiger partial charge in [-0.3, -0.25) is 9.59 Å². The van der Waals surface area contributed by atoms with Crippen LogP contribution in [0.3, 0.4) is 0 Å². The lowest BCUT2D eigenvalue weighted by atomic mass is 10.1. The molecule has 2 aromatic rings. The maximum absolute atomic E-state index is 11.9. The molecule has 5 heteroatoms. The molecule has 1 aromatic heterocycles. The molecule has 0 saturated heterocycles. The summed E-state index contributed by atoms with van der Waals surface area (Å²) < 4.78 is 0. The van der Waals surface area contributed by atoms with Crippen molar-refractivity contribution < 1.29 is 9.59 Å². The number of nitrogens with one attached hydrogen (secondary N) is 2. The van der Waals surface area contributed by atoms with Crippen LogP contribution in [-0.2, 0) is 9.59 Å². The Morgan fingerprint density at radius 3 is 2.15 bits per heavy atom. The van der Waals surface area contributed by atoms with Crippen LogP contribution in [-0.4, -0.2) is 16.8 Å². The van der Waals surface area contributed by atoms with E-state index >= 15 is 0 Å². The highest BCUT2D eigenvalue weighted by atomic mass is 16.2. The molecule has 2 rings (SSSR count). The van der Waals surface area contributed by atoms with E-state index in [4.69, 9.17) is 0 Å². The number of carbonyl (C=O) groups is 2. The van der Waals surface area contributed by atoms with Gasteiger partial charge in [-0.15, -0.1) is 0 Å². The van der Waals surface area contributed by atoms with E-state index in [1.54, 1.807) is 24.4 Å². The summed E-state index contributed by atoms with van der Waals surface area (Å²) in [5.41, 5.74) is 2.47. The zero-order valence-electron chi connectivity index (χ0n) is 11.3. The highest BCUT2D eigenvalue weighted by molar-refractivity contribution is 6.43. The molecule has 102 valence electrons. The number of hydrogen-bond acceptors (Lipinski definition) is 3. The second-order valence-corrected chi connectivity index (χ2v) is 4.39. The van der Waals surface area contributed by atoms with Crippen LogP contribution in [0.15, 0.2) is 42.6 Å². The first-order valence-corrected chi connectivity index (χ1v) is 6.17. The van der Waals surface area contributed by atoms with Gasteiger partial charge >= 0.3 is 11.8 Å². The molecule has 0 spiro atoms. The average Bonchev–Trinajstić information content (AvgIpc) is 2.44. The summed E-state index contributed by atoms with van der Waals surface area (Å²) in [6, 6.07) is 10.7. The van der Waals surface area contributed by atoms with E-state index in [-0.39, 0.29) is 0 Å². The van der Waals surface area contributed by atoms with Crippen molar-refractivity contribution in [2.24, 2.45) is 0 Å². The van der Waals surface area contributed by atoms with E-state index in [9.17, 15) is 9.59 Å². The Balaban J connectivity index is 2.07. The second-order valence-electron chi connectivity index (χ2n) is 4.39. The summed E-state index contributed by atoms with van der Waals surface area (Å²) in [6.07, 6.45) is 1.54. The molecule has 2 amide bonds. The van der Waals surface area contributed by atoms with Crippen LogP contribution in [0.2, 0.25) is 0 Å². The molecule has 5 nitrogen and oxygen atoms in total. The molecule has 1 aromatic carbocycles. The molecule has 0 fully saturated rings. The van der Waals surface area contributed by atoms with Crippen LogP contribution in [0.4, 0.5) is 11.5 Å². The standard InChI is InChI=1S/C15H15N3O2/c1-10-6-5-7-11(2)13(10)18-15(20)14(19)17-12-8-3-4-9-16-12/h3-9H,1-2H3,(H,18,20)(H,16,17,19). The summed E-state index contributed by atoms with van der Waals surface area (Å²) in [6.45, 7) is 3.75. The number of aryl methyl sites for hydroxylation is 2. The Bertz CT molecular complexity index is 619. The van der Waals surface area contributed by atoms with Crippen LogP contribution >= 0.6 is 0 Å². The van der Waals surface area contributed by atoms with Gasteiger partial charge in [-0.25, -0.2) is 4.98 Å². The zero-order chi connectivity index (χ0) is 14.5. The monoisotopic (exact) mass is 269 g/mol. The molecule has 0 aliphatic carbocycles. The normalized spacial score (nSPS) is 9.90. The molecule has 20 heavy (non-hydrogen) atoms. The summed E-state index contributed by atoms with van der Waals surface area (Å²) >= 11 is 0. The number of rotatable bonds is 2. The number of pyridine rings is 1. The smallest absolute Gasteiger partial charge is 0.315 e. The zero-order valence-corrected chi connectivity index (χ0v) is 11.3. The van der Waals surface area contributed by atoms with E-state index in [1.165, 1.54) is 0 Å². The minimum atomic E-state index is -0.744. The fraction of sp³-hybridized carbons (Fsp3) is 0.133. The molecular weight excluding hydrogens is 254 g/mol. The number of anilines is 2. The van der Waals surface area contributed by atoms with Gasteiger partial charge in [-0.05, 0) is 37.1 Å². The highest BCUT2D eigenvalue weighted by Crippen LogP contribution is 2.19. The molecule has 0 bridgehead atoms. The lowest BCUT2D eigenvalue weighted by Gasteiger charge is -2.11. The second kappa shape index (κ2) is 5.97. The third-order valence-electron chi connectivity index (χ3n) is 2.83. The van der Waals surface area contributed by atoms with Crippen molar-refractivity contribution in [1.82, 2.24) is 4.98 Å². The van der Waals surface area contributed by atoms with Gasteiger partial charge in [0.1, 0.15) is 5.82 Å². The average molecular weight is 269 g/mol. The molecule has 0 aliphatic rings. The maximum atomic E-state index is 11.9. The third kappa shape index (κ3) is 3.20. The summed E-state index contributed by atoms with van der Waals surface area (Å²) in [5.74, 6) is -1.12. The molecule has 0 unspecified atom stereocenters. The van der Waals surface area contributed by atoms with E-state index in [0.29, 0.717) is 11.5 Å². The Morgan fingerprint density at radius 1 is 0.900 bits per heavy atom. The van der Waals surface area contributed by atoms with Crippen LogP contribution in [0.5, 0.6) is 0 Å². The molecular formula is C15H15N3O2. The van der Waals surface area contributed by atoms with Crippen LogP contribution in [0.1, 0.15) is 11.1 Å². The van der Waals surface area contributed by atoms with E-state index in [2.05, 4.69) is 15.6 Å². The van der Waals surface area contributed by atoms with Gasteiger partial charge in [0, 0.05) is 11.9 Å². The van der Waals surface area contributed by atoms with Crippen LogP contribution in [0, 0.1) is 13.8 Å². The topological polar surface area (TPSA) is 71.1 Å². The predicted octanol–water partition coefficient (Wildman–Crippen LogP) is 2.28. The van der Waals surface area contributed by atoms with Gasteiger partial charge in [-0.1, -0.05) is 24.3 Å². The van der Waals surface area contributed by atoms with E-state index in [0.717, 1.165) is 11.1 Å². The lowest BCUT2D eigenvalue weighted by molar-refractivity contribution is -0.133. The number of nitrogens with zero attached hydrogens (tertiary/aromatic N) is 1. The minimum absolute atomic E-state index is 0.342. The van der Waals surface area contributed by atoms with Gasteiger partial charge in [-0.2, -0.15) is 0 Å². The molecule has 0 saturated carbocycles. The largest absolute Gasteiger partial charge is 0.317 e. The van der Waals surface area contributed by atoms with E-state index < -0.39 is 11.8 Å². The lowest BCUT2D eigenvalue weighted by Crippen LogP contribution is -2.29. The number of para-hydroxylation sites is 1. The SMILES string of the molecule is Cc1cccc(C)c1NC(=O)C(=O)Nc1ccccn1. The van der Waals surface area contributed by atoms with Gasteiger partial charge in [0.2, 0.25) is 0 Å². The van der Waals surface area contributed by atoms with Crippen molar-refractivity contribution in [3.8, 4) is 0 Å². The number of aromatic nitrogens is 1. The third-order valence-corrected chi connectivity index (χ3v) is 2.83. The summed E-state index contributed by atoms with van der Waals surface area (Å²) in [7, 11) is 0. The Kier molecular flexibility index (Phi) is 4.10. The fourth-order valence-corrected chi connectivity index (χ4v) is 1.79. The molecule has 0 radical (unpaired) electrons. The fourth-order valence-electron chi connectivity index (χ4n) is 1.79. The van der Waals surface area contributed by atoms with Crippen molar-refractivity contribution in [2.45, 2.75) is 13.8 Å². The van der Waals surface area contributed by atoms with Gasteiger partial charge in [0.05, 0.1) is 0 Å². The Labute approximate surface area is 117 Å². The van der Waals surface area contributed by atoms with Crippen LogP contribution < -0.4 is 10.6 Å². The quantitative estimate of drug-likeness (QED) is 0.822. The first-order chi connectivity index (χ1) is 9.58. The van der Waals surface area contributed by atoms with Crippen molar-refractivity contribution in [1.29, 1.82) is 0 Å². The number of benzene rings is 1. The van der Waals surface area contributed by atoms with Crippen molar-refractivity contribution in [3.63, 3.8) is 0 Å². The number of carbonyl (C=O) groups excluding carboxylic acids is 2. The first kappa shape index (κ1) is 13.7. The number of hydrogen-bond donors (Lipinski definition) is 2. The van der Waals surface area contributed by atoms with Crippen molar-refractivity contribution in [3.05, 3.63) is 53.7 Å². The van der Waals surface area contributed by atoms with Crippen LogP contribution in [0.25, 0.3) is 0 Å². The van der Waals surface area contributed by atoms with Crippen molar-refractivity contribution in [2.75, 3.05) is 10.6 Å². The summed E-state index contributed by atoms with van der Waals surface area (Å²) in [5, 5.41) is 5.06. The number of amides is 2. The predicted molar refractivity (Wildman–Crippen MR) is 77.4 cm³/mol. The summed E-state index contributed by atoms with van der Waals surface area (Å²) in [4.78, 5) is 27.6. The highest BCUT2D eigenvalue weighted by Gasteiger charge is 2.16.